The van der Waals surface area contributed by atoms with E-state index in [0.717, 1.165) is 24.9 Å². The van der Waals surface area contributed by atoms with E-state index in [2.05, 4.69) is 41.0 Å². The normalized spacial score (nSPS) is 17.0. The van der Waals surface area contributed by atoms with Crippen LogP contribution in [0.4, 0.5) is 11.8 Å². The minimum absolute atomic E-state index is 0.0352. The van der Waals surface area contributed by atoms with Gasteiger partial charge in [0.05, 0.1) is 0 Å². The lowest BCUT2D eigenvalue weighted by atomic mass is 10.1. The van der Waals surface area contributed by atoms with Gasteiger partial charge in [-0.1, -0.05) is 0 Å². The molecule has 1 aliphatic heterocycles. The number of nitrogens with one attached hydrogen (secondary N) is 1. The summed E-state index contributed by atoms with van der Waals surface area (Å²) in [5.41, 5.74) is 0.0352. The van der Waals surface area contributed by atoms with Crippen molar-refractivity contribution in [3.05, 3.63) is 12.3 Å². The Bertz CT molecular complexity index is 364. The topological polar surface area (TPSA) is 41.1 Å². The fraction of sp³-hybridized carbons (Fsp3) is 0.692. The van der Waals surface area contributed by atoms with Crippen LogP contribution >= 0.6 is 0 Å². The molecule has 0 aromatic carbocycles. The molecular weight excluding hydrogens is 212 g/mol. The Hall–Kier alpha value is -1.32. The largest absolute Gasteiger partial charge is 0.365 e. The summed E-state index contributed by atoms with van der Waals surface area (Å²) < 4.78 is 0. The van der Waals surface area contributed by atoms with E-state index in [1.807, 2.05) is 12.3 Å². The lowest BCUT2D eigenvalue weighted by Crippen LogP contribution is -2.32. The maximum atomic E-state index is 4.59. The lowest BCUT2D eigenvalue weighted by molar-refractivity contribution is 0.567. The smallest absolute Gasteiger partial charge is 0.227 e. The zero-order chi connectivity index (χ0) is 12.3. The Balaban J connectivity index is 2.10. The minimum Gasteiger partial charge on any atom is -0.365 e. The molecule has 2 rings (SSSR count). The van der Waals surface area contributed by atoms with Crippen molar-refractivity contribution in [3.8, 4) is 0 Å². The summed E-state index contributed by atoms with van der Waals surface area (Å²) in [4.78, 5) is 11.2. The molecule has 1 aromatic heterocycles. The van der Waals surface area contributed by atoms with Crippen molar-refractivity contribution in [2.75, 3.05) is 23.3 Å². The van der Waals surface area contributed by atoms with Crippen LogP contribution in [0.3, 0.4) is 0 Å². The number of hydrogen-bond donors (Lipinski definition) is 1. The number of aromatic nitrogens is 2. The molecule has 94 valence electrons. The van der Waals surface area contributed by atoms with Crippen LogP contribution in [0, 0.1) is 0 Å². The Morgan fingerprint density at radius 2 is 1.88 bits per heavy atom. The predicted molar refractivity (Wildman–Crippen MR) is 71.5 cm³/mol. The first-order valence-corrected chi connectivity index (χ1v) is 6.41. The first kappa shape index (κ1) is 12.1. The van der Waals surface area contributed by atoms with Crippen molar-refractivity contribution >= 4 is 11.8 Å². The highest BCUT2D eigenvalue weighted by atomic mass is 15.3. The first-order chi connectivity index (χ1) is 8.04. The van der Waals surface area contributed by atoms with E-state index < -0.39 is 0 Å². The number of anilines is 2. The molecule has 4 heteroatoms. The molecular formula is C13H22N4. The molecule has 0 bridgehead atoms. The second kappa shape index (κ2) is 4.90. The van der Waals surface area contributed by atoms with Gasteiger partial charge in [-0.2, -0.15) is 4.98 Å². The highest BCUT2D eigenvalue weighted by molar-refractivity contribution is 5.42. The van der Waals surface area contributed by atoms with Crippen LogP contribution in [0.5, 0.6) is 0 Å². The molecule has 0 amide bonds. The maximum Gasteiger partial charge on any atom is 0.227 e. The second-order valence-electron chi connectivity index (χ2n) is 5.66. The average molecular weight is 234 g/mol. The summed E-state index contributed by atoms with van der Waals surface area (Å²) in [5.74, 6) is 1.77. The van der Waals surface area contributed by atoms with Crippen LogP contribution in [0.15, 0.2) is 12.3 Å². The van der Waals surface area contributed by atoms with Crippen molar-refractivity contribution in [1.29, 1.82) is 0 Å². The van der Waals surface area contributed by atoms with Gasteiger partial charge in [0.15, 0.2) is 0 Å². The van der Waals surface area contributed by atoms with Gasteiger partial charge >= 0.3 is 0 Å². The Morgan fingerprint density at radius 3 is 2.53 bits per heavy atom. The highest BCUT2D eigenvalue weighted by Crippen LogP contribution is 2.18. The van der Waals surface area contributed by atoms with Gasteiger partial charge in [-0.25, -0.2) is 4.98 Å². The van der Waals surface area contributed by atoms with E-state index in [-0.39, 0.29) is 5.54 Å². The predicted octanol–water partition coefficient (Wildman–Crippen LogP) is 2.68. The number of piperidine rings is 1. The van der Waals surface area contributed by atoms with Crippen molar-refractivity contribution in [1.82, 2.24) is 9.97 Å². The van der Waals surface area contributed by atoms with E-state index in [1.54, 1.807) is 0 Å². The minimum atomic E-state index is 0.0352. The molecule has 2 heterocycles. The molecule has 1 N–H and O–H groups in total. The quantitative estimate of drug-likeness (QED) is 0.854. The Labute approximate surface area is 103 Å². The van der Waals surface area contributed by atoms with E-state index in [0.29, 0.717) is 0 Å². The SMILES string of the molecule is CC(C)(C)Nc1ccnc(N2CCCCC2)n1. The van der Waals surface area contributed by atoms with Crippen LogP contribution in [-0.4, -0.2) is 28.6 Å². The monoisotopic (exact) mass is 234 g/mol. The van der Waals surface area contributed by atoms with Gasteiger partial charge in [-0.15, -0.1) is 0 Å². The molecule has 0 aliphatic carbocycles. The summed E-state index contributed by atoms with van der Waals surface area (Å²) in [6, 6.07) is 1.93. The fourth-order valence-corrected chi connectivity index (χ4v) is 2.05. The van der Waals surface area contributed by atoms with Crippen LogP contribution in [0.2, 0.25) is 0 Å². The third-order valence-corrected chi connectivity index (χ3v) is 2.78. The molecule has 1 fully saturated rings. The summed E-state index contributed by atoms with van der Waals surface area (Å²) in [7, 11) is 0. The number of nitrogens with zero attached hydrogens (tertiary/aromatic N) is 3. The highest BCUT2D eigenvalue weighted by Gasteiger charge is 2.15. The van der Waals surface area contributed by atoms with Crippen LogP contribution in [0.25, 0.3) is 0 Å². The molecule has 0 atom stereocenters. The van der Waals surface area contributed by atoms with Gasteiger partial charge in [0.1, 0.15) is 5.82 Å². The van der Waals surface area contributed by atoms with E-state index in [9.17, 15) is 0 Å². The number of rotatable bonds is 2. The molecule has 0 spiro atoms. The molecule has 0 unspecified atom stereocenters. The van der Waals surface area contributed by atoms with Crippen molar-refractivity contribution < 1.29 is 0 Å². The third-order valence-electron chi connectivity index (χ3n) is 2.78. The summed E-state index contributed by atoms with van der Waals surface area (Å²) in [5, 5.41) is 3.38. The van der Waals surface area contributed by atoms with Gasteiger partial charge in [-0.3, -0.25) is 0 Å². The van der Waals surface area contributed by atoms with Crippen molar-refractivity contribution in [3.63, 3.8) is 0 Å². The van der Waals surface area contributed by atoms with E-state index >= 15 is 0 Å². The lowest BCUT2D eigenvalue weighted by Gasteiger charge is -2.27. The zero-order valence-corrected chi connectivity index (χ0v) is 11.0. The summed E-state index contributed by atoms with van der Waals surface area (Å²) >= 11 is 0. The molecule has 0 radical (unpaired) electrons. The van der Waals surface area contributed by atoms with Gasteiger partial charge in [-0.05, 0) is 46.1 Å². The molecule has 1 saturated heterocycles. The molecule has 17 heavy (non-hydrogen) atoms. The Kier molecular flexibility index (Phi) is 3.50. The Morgan fingerprint density at radius 1 is 1.18 bits per heavy atom. The average Bonchev–Trinajstić information content (AvgIpc) is 2.28. The van der Waals surface area contributed by atoms with E-state index in [4.69, 9.17) is 0 Å². The van der Waals surface area contributed by atoms with Gasteiger partial charge in [0, 0.05) is 24.8 Å². The number of hydrogen-bond acceptors (Lipinski definition) is 4. The summed E-state index contributed by atoms with van der Waals surface area (Å²) in [6.07, 6.45) is 5.67. The third kappa shape index (κ3) is 3.58. The van der Waals surface area contributed by atoms with Crippen molar-refractivity contribution in [2.24, 2.45) is 0 Å². The van der Waals surface area contributed by atoms with Gasteiger partial charge in [0.25, 0.3) is 0 Å². The summed E-state index contributed by atoms with van der Waals surface area (Å²) in [6.45, 7) is 8.57. The molecule has 4 nitrogen and oxygen atoms in total. The van der Waals surface area contributed by atoms with Crippen molar-refractivity contribution in [2.45, 2.75) is 45.6 Å². The molecule has 1 aliphatic rings. The zero-order valence-electron chi connectivity index (χ0n) is 11.0. The standard InChI is InChI=1S/C13H22N4/c1-13(2,3)16-11-7-8-14-12(15-11)17-9-5-4-6-10-17/h7-8H,4-6,9-10H2,1-3H3,(H,14,15,16). The second-order valence-corrected chi connectivity index (χ2v) is 5.66. The van der Waals surface area contributed by atoms with Crippen LogP contribution < -0.4 is 10.2 Å². The maximum absolute atomic E-state index is 4.59. The van der Waals surface area contributed by atoms with Crippen LogP contribution in [-0.2, 0) is 0 Å². The fourth-order valence-electron chi connectivity index (χ4n) is 2.05. The molecule has 1 aromatic rings. The molecule has 0 saturated carbocycles. The van der Waals surface area contributed by atoms with E-state index in [1.165, 1.54) is 19.3 Å². The van der Waals surface area contributed by atoms with Gasteiger partial charge in [0.2, 0.25) is 5.95 Å². The van der Waals surface area contributed by atoms with Crippen LogP contribution in [0.1, 0.15) is 40.0 Å². The first-order valence-electron chi connectivity index (χ1n) is 6.41. The van der Waals surface area contributed by atoms with Gasteiger partial charge < -0.3 is 10.2 Å².